The van der Waals surface area contributed by atoms with E-state index < -0.39 is 11.9 Å². The van der Waals surface area contributed by atoms with E-state index in [1.165, 1.54) is 13.2 Å². The molecule has 0 bridgehead atoms. The zero-order chi connectivity index (χ0) is 18.8. The van der Waals surface area contributed by atoms with Crippen LogP contribution in [0.15, 0.2) is 18.2 Å². The molecule has 0 amide bonds. The summed E-state index contributed by atoms with van der Waals surface area (Å²) in [4.78, 5) is 23.9. The second-order valence-electron chi connectivity index (χ2n) is 5.74. The van der Waals surface area contributed by atoms with Gasteiger partial charge in [-0.1, -0.05) is 0 Å². The summed E-state index contributed by atoms with van der Waals surface area (Å²) in [5.74, 6) is -0.745. The van der Waals surface area contributed by atoms with Gasteiger partial charge in [-0.3, -0.25) is 0 Å². The molecule has 138 valence electrons. The molecule has 8 heteroatoms. The number of hydrogen-bond acceptors (Lipinski definition) is 6. The Morgan fingerprint density at radius 1 is 1.15 bits per heavy atom. The second kappa shape index (κ2) is 7.09. The average molecular weight is 361 g/mol. The topological polar surface area (TPSA) is 96.2 Å². The quantitative estimate of drug-likeness (QED) is 0.787. The molecular formula is C18H19NO7. The summed E-state index contributed by atoms with van der Waals surface area (Å²) in [5, 5.41) is 9.60. The first-order chi connectivity index (χ1) is 12.5. The fourth-order valence-electron chi connectivity index (χ4n) is 3.02. The van der Waals surface area contributed by atoms with Gasteiger partial charge in [-0.05, 0) is 18.2 Å². The molecule has 26 heavy (non-hydrogen) atoms. The number of hydrogen-bond donors (Lipinski definition) is 1. The zero-order valence-corrected chi connectivity index (χ0v) is 14.7. The lowest BCUT2D eigenvalue weighted by Crippen LogP contribution is -2.09. The smallest absolute Gasteiger partial charge is 0.339 e. The van der Waals surface area contributed by atoms with Crippen molar-refractivity contribution in [3.05, 3.63) is 35.0 Å². The number of carbonyl (C=O) groups is 2. The van der Waals surface area contributed by atoms with Crippen molar-refractivity contribution in [1.82, 2.24) is 4.57 Å². The van der Waals surface area contributed by atoms with Gasteiger partial charge in [-0.2, -0.15) is 0 Å². The van der Waals surface area contributed by atoms with E-state index in [1.807, 2.05) is 0 Å². The Bertz CT molecular complexity index is 869. The SMILES string of the molecule is COCCc1c(C(=O)OC)cc(-c2cc3c(cc2C(=O)O)OCO3)n1C. The number of fused-ring (bicyclic) bond motifs is 1. The van der Waals surface area contributed by atoms with Gasteiger partial charge in [0.25, 0.3) is 0 Å². The van der Waals surface area contributed by atoms with Crippen molar-refractivity contribution in [3.8, 4) is 22.8 Å². The highest BCUT2D eigenvalue weighted by Gasteiger charge is 2.26. The molecule has 0 atom stereocenters. The third kappa shape index (κ3) is 2.99. The molecule has 1 aliphatic rings. The number of nitrogens with zero attached hydrogens (tertiary/aromatic N) is 1. The van der Waals surface area contributed by atoms with E-state index in [1.54, 1.807) is 30.9 Å². The first-order valence-electron chi connectivity index (χ1n) is 7.91. The van der Waals surface area contributed by atoms with E-state index in [0.29, 0.717) is 47.0 Å². The van der Waals surface area contributed by atoms with Crippen LogP contribution in [-0.4, -0.2) is 49.2 Å². The molecule has 2 aromatic rings. The van der Waals surface area contributed by atoms with Crippen molar-refractivity contribution in [2.75, 3.05) is 27.6 Å². The molecule has 0 saturated heterocycles. The molecule has 8 nitrogen and oxygen atoms in total. The Morgan fingerprint density at radius 2 is 1.85 bits per heavy atom. The molecular weight excluding hydrogens is 342 g/mol. The van der Waals surface area contributed by atoms with Gasteiger partial charge in [0.2, 0.25) is 6.79 Å². The molecule has 1 aliphatic heterocycles. The number of carboxylic acid groups (broad SMARTS) is 1. The van der Waals surface area contributed by atoms with Crippen molar-refractivity contribution in [2.24, 2.45) is 7.05 Å². The molecule has 0 spiro atoms. The van der Waals surface area contributed by atoms with Crippen LogP contribution in [0.4, 0.5) is 0 Å². The Kier molecular flexibility index (Phi) is 4.85. The summed E-state index contributed by atoms with van der Waals surface area (Å²) >= 11 is 0. The van der Waals surface area contributed by atoms with Crippen molar-refractivity contribution in [2.45, 2.75) is 6.42 Å². The largest absolute Gasteiger partial charge is 0.478 e. The highest BCUT2D eigenvalue weighted by Crippen LogP contribution is 2.39. The lowest BCUT2D eigenvalue weighted by Gasteiger charge is -2.11. The summed E-state index contributed by atoms with van der Waals surface area (Å²) in [6, 6.07) is 4.67. The number of aromatic carboxylic acids is 1. The zero-order valence-electron chi connectivity index (χ0n) is 14.7. The van der Waals surface area contributed by atoms with Crippen LogP contribution >= 0.6 is 0 Å². The number of methoxy groups -OCH3 is 2. The summed E-state index contributed by atoms with van der Waals surface area (Å²) in [7, 11) is 4.64. The van der Waals surface area contributed by atoms with Crippen LogP contribution in [0.1, 0.15) is 26.4 Å². The minimum absolute atomic E-state index is 0.0392. The first-order valence-corrected chi connectivity index (χ1v) is 7.91. The Morgan fingerprint density at radius 3 is 2.46 bits per heavy atom. The fourth-order valence-corrected chi connectivity index (χ4v) is 3.02. The molecule has 0 unspecified atom stereocenters. The average Bonchev–Trinajstić information content (AvgIpc) is 3.21. The van der Waals surface area contributed by atoms with Gasteiger partial charge in [0, 0.05) is 37.5 Å². The number of rotatable bonds is 6. The molecule has 3 rings (SSSR count). The van der Waals surface area contributed by atoms with E-state index in [9.17, 15) is 14.7 Å². The highest BCUT2D eigenvalue weighted by molar-refractivity contribution is 5.99. The second-order valence-corrected chi connectivity index (χ2v) is 5.74. The minimum Gasteiger partial charge on any atom is -0.478 e. The Labute approximate surface area is 149 Å². The summed E-state index contributed by atoms with van der Waals surface area (Å²) in [5.41, 5.74) is 2.12. The molecule has 0 aliphatic carbocycles. The predicted octanol–water partition coefficient (Wildman–Crippen LogP) is 2.09. The van der Waals surface area contributed by atoms with Crippen molar-refractivity contribution in [3.63, 3.8) is 0 Å². The van der Waals surface area contributed by atoms with Gasteiger partial charge in [0.1, 0.15) is 0 Å². The monoisotopic (exact) mass is 361 g/mol. The molecule has 0 saturated carbocycles. The van der Waals surface area contributed by atoms with Gasteiger partial charge in [0.05, 0.1) is 24.8 Å². The van der Waals surface area contributed by atoms with Gasteiger partial charge >= 0.3 is 11.9 Å². The molecule has 0 fully saturated rings. The summed E-state index contributed by atoms with van der Waals surface area (Å²) < 4.78 is 22.4. The lowest BCUT2D eigenvalue weighted by molar-refractivity contribution is 0.0598. The normalized spacial score (nSPS) is 12.3. The number of esters is 1. The maximum absolute atomic E-state index is 12.2. The molecule has 1 aromatic carbocycles. The lowest BCUT2D eigenvalue weighted by atomic mass is 10.0. The first kappa shape index (κ1) is 17.8. The number of aromatic nitrogens is 1. The number of carboxylic acids is 1. The van der Waals surface area contributed by atoms with Gasteiger partial charge in [0.15, 0.2) is 11.5 Å². The maximum atomic E-state index is 12.2. The summed E-state index contributed by atoms with van der Waals surface area (Å²) in [6.07, 6.45) is 0.477. The fraction of sp³-hybridized carbons (Fsp3) is 0.333. The molecule has 0 radical (unpaired) electrons. The molecule has 2 heterocycles. The van der Waals surface area contributed by atoms with Crippen LogP contribution in [-0.2, 0) is 22.9 Å². The Hall–Kier alpha value is -3.00. The third-order valence-electron chi connectivity index (χ3n) is 4.33. The van der Waals surface area contributed by atoms with Crippen molar-refractivity contribution >= 4 is 11.9 Å². The van der Waals surface area contributed by atoms with Crippen LogP contribution < -0.4 is 9.47 Å². The Balaban J connectivity index is 2.19. The van der Waals surface area contributed by atoms with Crippen molar-refractivity contribution in [1.29, 1.82) is 0 Å². The van der Waals surface area contributed by atoms with Crippen LogP contribution in [0.2, 0.25) is 0 Å². The van der Waals surface area contributed by atoms with Gasteiger partial charge in [-0.15, -0.1) is 0 Å². The number of carbonyl (C=O) groups excluding carboxylic acids is 1. The molecule has 1 N–H and O–H groups in total. The number of benzene rings is 1. The maximum Gasteiger partial charge on any atom is 0.339 e. The summed E-state index contributed by atoms with van der Waals surface area (Å²) in [6.45, 7) is 0.450. The van der Waals surface area contributed by atoms with E-state index in [0.717, 1.165) is 0 Å². The van der Waals surface area contributed by atoms with Crippen LogP contribution in [0, 0.1) is 0 Å². The third-order valence-corrected chi connectivity index (χ3v) is 4.33. The van der Waals surface area contributed by atoms with E-state index in [-0.39, 0.29) is 12.4 Å². The van der Waals surface area contributed by atoms with E-state index >= 15 is 0 Å². The van der Waals surface area contributed by atoms with E-state index in [2.05, 4.69) is 0 Å². The van der Waals surface area contributed by atoms with Crippen molar-refractivity contribution < 1.29 is 33.6 Å². The van der Waals surface area contributed by atoms with Crippen LogP contribution in [0.3, 0.4) is 0 Å². The predicted molar refractivity (Wildman–Crippen MR) is 90.9 cm³/mol. The highest BCUT2D eigenvalue weighted by atomic mass is 16.7. The van der Waals surface area contributed by atoms with E-state index in [4.69, 9.17) is 18.9 Å². The van der Waals surface area contributed by atoms with Crippen LogP contribution in [0.25, 0.3) is 11.3 Å². The number of ether oxygens (including phenoxy) is 4. The van der Waals surface area contributed by atoms with Gasteiger partial charge < -0.3 is 28.6 Å². The van der Waals surface area contributed by atoms with Gasteiger partial charge in [-0.25, -0.2) is 9.59 Å². The van der Waals surface area contributed by atoms with Crippen LogP contribution in [0.5, 0.6) is 11.5 Å². The standard InChI is InChI=1S/C18H19NO7/c1-19-13(4-5-23-2)12(18(22)24-3)6-14(19)10-7-15-16(26-9-25-15)8-11(10)17(20)21/h6-8H,4-5,9H2,1-3H3,(H,20,21). The minimum atomic E-state index is -1.10. The molecule has 1 aromatic heterocycles.